The van der Waals surface area contributed by atoms with Gasteiger partial charge < -0.3 is 10.1 Å². The topological polar surface area (TPSA) is 79.9 Å². The summed E-state index contributed by atoms with van der Waals surface area (Å²) < 4.78 is 5.41. The normalized spacial score (nSPS) is 24.3. The Hall–Kier alpha value is -1.43. The Balaban J connectivity index is 1.57. The number of hydrogen-bond acceptors (Lipinski definition) is 4. The summed E-state index contributed by atoms with van der Waals surface area (Å²) in [6, 6.07) is 0.278. The fraction of sp³-hybridized carbons (Fsp3) is 0.800. The number of aryl methyl sites for hydroxylation is 1. The van der Waals surface area contributed by atoms with E-state index in [1.165, 1.54) is 0 Å². The molecule has 6 nitrogen and oxygen atoms in total. The van der Waals surface area contributed by atoms with Crippen LogP contribution in [0.3, 0.4) is 0 Å². The summed E-state index contributed by atoms with van der Waals surface area (Å²) in [6.07, 6.45) is 5.52. The van der Waals surface area contributed by atoms with E-state index in [4.69, 9.17) is 4.74 Å². The maximum absolute atomic E-state index is 12.5. The van der Waals surface area contributed by atoms with Gasteiger partial charge >= 0.3 is 0 Å². The monoisotopic (exact) mass is 292 g/mol. The fourth-order valence-corrected chi connectivity index (χ4v) is 3.48. The number of carbonyl (C=O) groups excluding carboxylic acids is 1. The van der Waals surface area contributed by atoms with E-state index >= 15 is 0 Å². The zero-order valence-electron chi connectivity index (χ0n) is 12.6. The largest absolute Gasteiger partial charge is 0.381 e. The Morgan fingerprint density at radius 3 is 2.86 bits per heavy atom. The summed E-state index contributed by atoms with van der Waals surface area (Å²) >= 11 is 0. The van der Waals surface area contributed by atoms with Gasteiger partial charge in [0.2, 0.25) is 5.91 Å². The van der Waals surface area contributed by atoms with Crippen LogP contribution in [0.15, 0.2) is 0 Å². The van der Waals surface area contributed by atoms with Crippen molar-refractivity contribution in [1.82, 2.24) is 20.7 Å². The molecule has 6 heteroatoms. The average Bonchev–Trinajstić information content (AvgIpc) is 3.00. The first-order valence-electron chi connectivity index (χ1n) is 8.04. The second-order valence-corrected chi connectivity index (χ2v) is 6.13. The van der Waals surface area contributed by atoms with Crippen LogP contribution >= 0.6 is 0 Å². The number of aromatic amines is 1. The molecule has 0 aromatic carbocycles. The first-order chi connectivity index (χ1) is 10.3. The minimum atomic E-state index is 0.0384. The van der Waals surface area contributed by atoms with Crippen LogP contribution in [0.25, 0.3) is 0 Å². The van der Waals surface area contributed by atoms with Crippen molar-refractivity contribution in [2.75, 3.05) is 13.2 Å². The zero-order valence-corrected chi connectivity index (χ0v) is 12.6. The number of rotatable bonds is 4. The first-order valence-corrected chi connectivity index (χ1v) is 8.04. The number of ether oxygens (including phenoxy) is 1. The van der Waals surface area contributed by atoms with Gasteiger partial charge in [0.25, 0.3) is 0 Å². The average molecular weight is 292 g/mol. The van der Waals surface area contributed by atoms with E-state index in [0.29, 0.717) is 12.3 Å². The molecule has 2 heterocycles. The van der Waals surface area contributed by atoms with E-state index < -0.39 is 0 Å². The van der Waals surface area contributed by atoms with Crippen molar-refractivity contribution in [2.45, 2.75) is 51.5 Å². The molecular formula is C15H24N4O2. The molecule has 116 valence electrons. The molecule has 0 spiro atoms. The lowest BCUT2D eigenvalue weighted by Crippen LogP contribution is -2.45. The maximum atomic E-state index is 12.5. The van der Waals surface area contributed by atoms with Crippen molar-refractivity contribution in [3.63, 3.8) is 0 Å². The number of hydrogen-bond donors (Lipinski definition) is 2. The van der Waals surface area contributed by atoms with E-state index in [1.807, 2.05) is 0 Å². The molecule has 2 N–H and O–H groups in total. The van der Waals surface area contributed by atoms with E-state index in [0.717, 1.165) is 56.7 Å². The van der Waals surface area contributed by atoms with Crippen molar-refractivity contribution in [2.24, 2.45) is 11.8 Å². The number of amides is 1. The lowest BCUT2D eigenvalue weighted by Gasteiger charge is -2.32. The predicted molar refractivity (Wildman–Crippen MR) is 77.7 cm³/mol. The molecule has 21 heavy (non-hydrogen) atoms. The van der Waals surface area contributed by atoms with Crippen LogP contribution in [0.2, 0.25) is 0 Å². The molecule has 0 radical (unpaired) electrons. The number of aromatic nitrogens is 3. The molecule has 1 saturated heterocycles. The molecule has 1 aromatic heterocycles. The van der Waals surface area contributed by atoms with Crippen molar-refractivity contribution >= 4 is 5.91 Å². The third-order valence-electron chi connectivity index (χ3n) is 4.85. The highest BCUT2D eigenvalue weighted by molar-refractivity contribution is 5.79. The highest BCUT2D eigenvalue weighted by Gasteiger charge is 2.30. The second kappa shape index (κ2) is 6.56. The van der Waals surface area contributed by atoms with Crippen LogP contribution in [-0.2, 0) is 22.4 Å². The second-order valence-electron chi connectivity index (χ2n) is 6.13. The predicted octanol–water partition coefficient (Wildman–Crippen LogP) is 1.23. The summed E-state index contributed by atoms with van der Waals surface area (Å²) in [5, 5.41) is 14.2. The quantitative estimate of drug-likeness (QED) is 0.875. The number of nitrogens with zero attached hydrogens (tertiary/aromatic N) is 2. The molecule has 0 unspecified atom stereocenters. The van der Waals surface area contributed by atoms with Gasteiger partial charge in [0.1, 0.15) is 0 Å². The highest BCUT2D eigenvalue weighted by atomic mass is 16.5. The standard InChI is InChI=1S/C15H24N4O2/c1-2-12(10-5-7-21-8-6-10)16-15(20)11-3-4-13-14(9-11)18-19-17-13/h10-12H,2-9H2,1H3,(H,16,20)(H,17,18,19)/t11-,12-/m1/s1. The number of nitrogens with one attached hydrogen (secondary N) is 2. The van der Waals surface area contributed by atoms with Gasteiger partial charge in [-0.25, -0.2) is 0 Å². The summed E-state index contributed by atoms with van der Waals surface area (Å²) in [7, 11) is 0. The van der Waals surface area contributed by atoms with Gasteiger partial charge in [0.05, 0.1) is 11.4 Å². The molecule has 1 amide bonds. The summed E-state index contributed by atoms with van der Waals surface area (Å²) in [6.45, 7) is 3.79. The summed E-state index contributed by atoms with van der Waals surface area (Å²) in [4.78, 5) is 12.5. The van der Waals surface area contributed by atoms with Gasteiger partial charge in [-0.15, -0.1) is 0 Å². The molecule has 3 rings (SSSR count). The smallest absolute Gasteiger partial charge is 0.223 e. The summed E-state index contributed by atoms with van der Waals surface area (Å²) in [5.74, 6) is 0.775. The van der Waals surface area contributed by atoms with Crippen LogP contribution < -0.4 is 5.32 Å². The van der Waals surface area contributed by atoms with Crippen molar-refractivity contribution in [3.8, 4) is 0 Å². The van der Waals surface area contributed by atoms with Crippen molar-refractivity contribution in [3.05, 3.63) is 11.4 Å². The van der Waals surface area contributed by atoms with Gasteiger partial charge in [-0.05, 0) is 38.0 Å². The SMILES string of the molecule is CC[C@@H](NC(=O)[C@@H]1CCc2n[nH]nc2C1)C1CCOCC1. The molecular weight excluding hydrogens is 268 g/mol. The minimum Gasteiger partial charge on any atom is -0.381 e. The van der Waals surface area contributed by atoms with Gasteiger partial charge in [0, 0.05) is 31.6 Å². The van der Waals surface area contributed by atoms with Crippen LogP contribution in [0.4, 0.5) is 0 Å². The summed E-state index contributed by atoms with van der Waals surface area (Å²) in [5.41, 5.74) is 1.98. The van der Waals surface area contributed by atoms with Gasteiger partial charge in [-0.1, -0.05) is 6.92 Å². The number of fused-ring (bicyclic) bond motifs is 1. The molecule has 2 aliphatic rings. The lowest BCUT2D eigenvalue weighted by atomic mass is 9.86. The van der Waals surface area contributed by atoms with E-state index in [1.54, 1.807) is 0 Å². The first kappa shape index (κ1) is 14.5. The molecule has 1 aromatic rings. The molecule has 1 aliphatic carbocycles. The van der Waals surface area contributed by atoms with E-state index in [-0.39, 0.29) is 17.9 Å². The molecule has 2 atom stereocenters. The zero-order chi connectivity index (χ0) is 14.7. The fourth-order valence-electron chi connectivity index (χ4n) is 3.48. The third kappa shape index (κ3) is 3.26. The van der Waals surface area contributed by atoms with Gasteiger partial charge in [-0.3, -0.25) is 4.79 Å². The van der Waals surface area contributed by atoms with Crippen molar-refractivity contribution < 1.29 is 9.53 Å². The molecule has 1 fully saturated rings. The molecule has 1 aliphatic heterocycles. The Morgan fingerprint density at radius 1 is 1.33 bits per heavy atom. The van der Waals surface area contributed by atoms with Gasteiger partial charge in [-0.2, -0.15) is 15.4 Å². The lowest BCUT2D eigenvalue weighted by molar-refractivity contribution is -0.126. The van der Waals surface area contributed by atoms with Gasteiger partial charge in [0.15, 0.2) is 0 Å². The Kier molecular flexibility index (Phi) is 4.53. The van der Waals surface area contributed by atoms with Crippen LogP contribution in [-0.4, -0.2) is 40.6 Å². The minimum absolute atomic E-state index is 0.0384. The van der Waals surface area contributed by atoms with E-state index in [9.17, 15) is 4.79 Å². The molecule has 0 bridgehead atoms. The van der Waals surface area contributed by atoms with Crippen LogP contribution in [0, 0.1) is 11.8 Å². The van der Waals surface area contributed by atoms with Crippen LogP contribution in [0.5, 0.6) is 0 Å². The van der Waals surface area contributed by atoms with Crippen LogP contribution in [0.1, 0.15) is 44.0 Å². The van der Waals surface area contributed by atoms with E-state index in [2.05, 4.69) is 27.7 Å². The molecule has 0 saturated carbocycles. The highest BCUT2D eigenvalue weighted by Crippen LogP contribution is 2.25. The third-order valence-corrected chi connectivity index (χ3v) is 4.85. The number of carbonyl (C=O) groups is 1. The Morgan fingerprint density at radius 2 is 2.10 bits per heavy atom. The van der Waals surface area contributed by atoms with Crippen molar-refractivity contribution in [1.29, 1.82) is 0 Å². The number of H-pyrrole nitrogens is 1. The Bertz CT molecular complexity index is 482. The Labute approximate surface area is 125 Å². The maximum Gasteiger partial charge on any atom is 0.223 e.